The third kappa shape index (κ3) is 4.65. The lowest BCUT2D eigenvalue weighted by Crippen LogP contribution is -2.42. The first-order chi connectivity index (χ1) is 19.3. The average Bonchev–Trinajstić information content (AvgIpc) is 3.45. The molecule has 0 saturated carbocycles. The molecule has 40 heavy (non-hydrogen) atoms. The normalized spacial score (nSPS) is 19.4. The number of ketones is 1. The zero-order valence-electron chi connectivity index (χ0n) is 23.4. The van der Waals surface area contributed by atoms with E-state index in [1.807, 2.05) is 36.6 Å². The van der Waals surface area contributed by atoms with Crippen molar-refractivity contribution in [2.45, 2.75) is 19.9 Å². The van der Waals surface area contributed by atoms with E-state index in [4.69, 9.17) is 18.9 Å². The van der Waals surface area contributed by atoms with Crippen LogP contribution in [-0.4, -0.2) is 96.7 Å². The Hall–Kier alpha value is -4.09. The summed E-state index contributed by atoms with van der Waals surface area (Å²) in [6, 6.07) is 6.31. The molecule has 2 fully saturated rings. The summed E-state index contributed by atoms with van der Waals surface area (Å²) < 4.78 is 23.9. The lowest BCUT2D eigenvalue weighted by atomic mass is 9.95. The van der Waals surface area contributed by atoms with Crippen molar-refractivity contribution in [3.8, 4) is 17.2 Å². The summed E-state index contributed by atoms with van der Waals surface area (Å²) in [6.45, 7) is 7.25. The van der Waals surface area contributed by atoms with Crippen molar-refractivity contribution < 1.29 is 33.6 Å². The Labute approximate surface area is 232 Å². The van der Waals surface area contributed by atoms with E-state index in [9.17, 15) is 14.7 Å². The van der Waals surface area contributed by atoms with Crippen LogP contribution < -0.4 is 14.2 Å². The van der Waals surface area contributed by atoms with Gasteiger partial charge in [-0.05, 0) is 43.2 Å². The second-order valence-electron chi connectivity index (χ2n) is 9.84. The largest absolute Gasteiger partial charge is 0.505 e. The predicted molar refractivity (Wildman–Crippen MR) is 147 cm³/mol. The molecule has 0 radical (unpaired) electrons. The number of aromatic nitrogens is 2. The second kappa shape index (κ2) is 11.2. The van der Waals surface area contributed by atoms with Crippen molar-refractivity contribution in [3.05, 3.63) is 58.6 Å². The van der Waals surface area contributed by atoms with Crippen LogP contribution in [0.15, 0.2) is 36.0 Å². The van der Waals surface area contributed by atoms with Crippen LogP contribution in [0.2, 0.25) is 0 Å². The van der Waals surface area contributed by atoms with Crippen LogP contribution in [0.4, 0.5) is 0 Å². The number of carbonyl (C=O) groups excluding carboxylic acids is 2. The molecule has 3 aromatic rings. The number of carbonyl (C=O) groups is 2. The number of hydrogen-bond acceptors (Lipinski definition) is 9. The topological polar surface area (TPSA) is 115 Å². The number of pyridine rings is 1. The molecular formula is C29H34N4O7. The molecule has 0 spiro atoms. The van der Waals surface area contributed by atoms with E-state index < -0.39 is 17.7 Å². The summed E-state index contributed by atoms with van der Waals surface area (Å²) in [5.74, 6) is -0.667. The van der Waals surface area contributed by atoms with Crippen molar-refractivity contribution >= 4 is 23.1 Å². The standard InChI is InChI=1S/C29H34N4O7/c1-17-7-6-8-32-18(2)23(30-28(17)32)25(34)22-24(19-15-20(37-3)27(39-5)21(16-19)38-4)33(29(36)26(22)35)10-9-31-11-13-40-14-12-31/h6-8,15-16,24,34H,9-14H2,1-5H3/b25-22+. The molecular weight excluding hydrogens is 516 g/mol. The van der Waals surface area contributed by atoms with Gasteiger partial charge in [0.25, 0.3) is 11.7 Å². The molecule has 11 nitrogen and oxygen atoms in total. The SMILES string of the molecule is COc1cc(C2/C(=C(\O)c3nc4c(C)cccn4c3C)C(=O)C(=O)N2CCN2CCOCC2)cc(OC)c1OC. The number of Topliss-reactive ketones (excluding diaryl/α,β-unsaturated/α-hetero) is 1. The van der Waals surface area contributed by atoms with Gasteiger partial charge in [-0.25, -0.2) is 4.98 Å². The van der Waals surface area contributed by atoms with Crippen LogP contribution in [0.3, 0.4) is 0 Å². The highest BCUT2D eigenvalue weighted by Gasteiger charge is 2.47. The van der Waals surface area contributed by atoms with Gasteiger partial charge in [-0.3, -0.25) is 14.5 Å². The Morgan fingerprint density at radius 2 is 1.73 bits per heavy atom. The van der Waals surface area contributed by atoms with Gasteiger partial charge in [-0.1, -0.05) is 6.07 Å². The number of aryl methyl sites for hydroxylation is 2. The molecule has 11 heteroatoms. The Kier molecular flexibility index (Phi) is 7.68. The Morgan fingerprint density at radius 1 is 1.05 bits per heavy atom. The number of likely N-dealkylation sites (tertiary alicyclic amines) is 1. The summed E-state index contributed by atoms with van der Waals surface area (Å²) in [6.07, 6.45) is 1.85. The van der Waals surface area contributed by atoms with Gasteiger partial charge in [0.15, 0.2) is 17.3 Å². The number of amides is 1. The van der Waals surface area contributed by atoms with Gasteiger partial charge in [-0.2, -0.15) is 0 Å². The highest BCUT2D eigenvalue weighted by molar-refractivity contribution is 6.46. The molecule has 2 saturated heterocycles. The van der Waals surface area contributed by atoms with E-state index in [2.05, 4.69) is 9.88 Å². The predicted octanol–water partition coefficient (Wildman–Crippen LogP) is 2.73. The van der Waals surface area contributed by atoms with Crippen molar-refractivity contribution in [1.82, 2.24) is 19.2 Å². The van der Waals surface area contributed by atoms with E-state index >= 15 is 0 Å². The third-order valence-corrected chi connectivity index (χ3v) is 7.61. The van der Waals surface area contributed by atoms with Gasteiger partial charge in [0, 0.05) is 32.4 Å². The Morgan fingerprint density at radius 3 is 2.33 bits per heavy atom. The molecule has 1 N–H and O–H groups in total. The zero-order valence-corrected chi connectivity index (χ0v) is 23.4. The molecule has 0 bridgehead atoms. The van der Waals surface area contributed by atoms with Gasteiger partial charge in [0.2, 0.25) is 5.75 Å². The Bertz CT molecular complexity index is 1460. The molecule has 212 valence electrons. The molecule has 0 aliphatic carbocycles. The van der Waals surface area contributed by atoms with Gasteiger partial charge in [-0.15, -0.1) is 0 Å². The molecule has 2 aliphatic heterocycles. The van der Waals surface area contributed by atoms with Crippen LogP contribution in [-0.2, 0) is 14.3 Å². The summed E-state index contributed by atoms with van der Waals surface area (Å²) in [7, 11) is 4.50. The summed E-state index contributed by atoms with van der Waals surface area (Å²) in [5, 5.41) is 11.7. The molecule has 2 aliphatic rings. The van der Waals surface area contributed by atoms with E-state index in [1.54, 1.807) is 12.1 Å². The number of rotatable bonds is 8. The monoisotopic (exact) mass is 550 g/mol. The average molecular weight is 551 g/mol. The van der Waals surface area contributed by atoms with E-state index in [0.29, 0.717) is 53.9 Å². The maximum atomic E-state index is 13.6. The number of fused-ring (bicyclic) bond motifs is 1. The van der Waals surface area contributed by atoms with Crippen LogP contribution in [0.25, 0.3) is 11.4 Å². The number of hydrogen-bond donors (Lipinski definition) is 1. The number of morpholine rings is 1. The highest BCUT2D eigenvalue weighted by atomic mass is 16.5. The van der Waals surface area contributed by atoms with E-state index in [-0.39, 0.29) is 23.6 Å². The molecule has 1 amide bonds. The van der Waals surface area contributed by atoms with Crippen molar-refractivity contribution in [2.75, 3.05) is 60.7 Å². The molecule has 4 heterocycles. The smallest absolute Gasteiger partial charge is 0.295 e. The lowest BCUT2D eigenvalue weighted by Gasteiger charge is -2.31. The van der Waals surface area contributed by atoms with E-state index in [1.165, 1.54) is 26.2 Å². The third-order valence-electron chi connectivity index (χ3n) is 7.61. The number of aliphatic hydroxyl groups is 1. The van der Waals surface area contributed by atoms with Crippen LogP contribution in [0.5, 0.6) is 17.2 Å². The highest BCUT2D eigenvalue weighted by Crippen LogP contribution is 2.45. The number of aliphatic hydroxyl groups excluding tert-OH is 1. The molecule has 5 rings (SSSR count). The van der Waals surface area contributed by atoms with Gasteiger partial charge in [0.1, 0.15) is 11.3 Å². The maximum absolute atomic E-state index is 13.6. The first-order valence-electron chi connectivity index (χ1n) is 13.1. The summed E-state index contributed by atoms with van der Waals surface area (Å²) in [4.78, 5) is 35.5. The molecule has 1 atom stereocenters. The Balaban J connectivity index is 1.67. The zero-order chi connectivity index (χ0) is 28.6. The van der Waals surface area contributed by atoms with Gasteiger partial charge >= 0.3 is 0 Å². The number of nitrogens with zero attached hydrogens (tertiary/aromatic N) is 4. The minimum Gasteiger partial charge on any atom is -0.505 e. The van der Waals surface area contributed by atoms with Gasteiger partial charge < -0.3 is 33.4 Å². The first kappa shape index (κ1) is 27.5. The van der Waals surface area contributed by atoms with Crippen LogP contribution >= 0.6 is 0 Å². The fraction of sp³-hybridized carbons (Fsp3) is 0.414. The van der Waals surface area contributed by atoms with Crippen molar-refractivity contribution in [3.63, 3.8) is 0 Å². The van der Waals surface area contributed by atoms with Crippen LogP contribution in [0, 0.1) is 13.8 Å². The molecule has 1 aromatic carbocycles. The van der Waals surface area contributed by atoms with Crippen LogP contribution in [0.1, 0.15) is 28.6 Å². The fourth-order valence-corrected chi connectivity index (χ4v) is 5.46. The number of benzene rings is 1. The summed E-state index contributed by atoms with van der Waals surface area (Å²) >= 11 is 0. The van der Waals surface area contributed by atoms with Crippen molar-refractivity contribution in [1.29, 1.82) is 0 Å². The van der Waals surface area contributed by atoms with E-state index in [0.717, 1.165) is 18.7 Å². The fourth-order valence-electron chi connectivity index (χ4n) is 5.46. The second-order valence-corrected chi connectivity index (χ2v) is 9.84. The molecule has 1 unspecified atom stereocenters. The minimum atomic E-state index is -0.903. The van der Waals surface area contributed by atoms with Gasteiger partial charge in [0.05, 0.1) is 51.9 Å². The maximum Gasteiger partial charge on any atom is 0.295 e. The summed E-state index contributed by atoms with van der Waals surface area (Å²) in [5.41, 5.74) is 2.97. The lowest BCUT2D eigenvalue weighted by molar-refractivity contribution is -0.140. The minimum absolute atomic E-state index is 0.0367. The molecule has 2 aromatic heterocycles. The van der Waals surface area contributed by atoms with Crippen molar-refractivity contribution in [2.24, 2.45) is 0 Å². The quantitative estimate of drug-likeness (QED) is 0.257. The number of methoxy groups -OCH3 is 3. The first-order valence-corrected chi connectivity index (χ1v) is 13.1. The number of ether oxygens (including phenoxy) is 4. The number of imidazole rings is 1.